The molecular weight excluding hydrogens is 208 g/mol. The molecule has 0 radical (unpaired) electrons. The fourth-order valence-electron chi connectivity index (χ4n) is 0.370. The smallest absolute Gasteiger partial charge is 0.0185 e. The van der Waals surface area contributed by atoms with Gasteiger partial charge in [-0.3, -0.25) is 0 Å². The fraction of sp³-hybridized carbons (Fsp3) is 1.00. The van der Waals surface area contributed by atoms with Gasteiger partial charge in [0.2, 0.25) is 0 Å². The van der Waals surface area contributed by atoms with Crippen molar-refractivity contribution in [1.82, 2.24) is 0 Å². The van der Waals surface area contributed by atoms with Crippen LogP contribution in [0.5, 0.6) is 0 Å². The van der Waals surface area contributed by atoms with Crippen molar-refractivity contribution in [2.24, 2.45) is 5.92 Å². The molecule has 1 fully saturated rings. The Labute approximate surface area is 54.6 Å². The summed E-state index contributed by atoms with van der Waals surface area (Å²) in [6.07, 6.45) is 1.37. The van der Waals surface area contributed by atoms with Crippen LogP contribution in [0.3, 0.4) is 0 Å². The van der Waals surface area contributed by atoms with E-state index in [1.807, 2.05) is 0 Å². The van der Waals surface area contributed by atoms with Gasteiger partial charge in [-0.2, -0.15) is 0 Å². The number of alkyl halides is 2. The standard InChI is InChI=1S/C4H6Br2/c5-2-3-1-4(3)6/h3-4H,1-2H2/t3?,4-/m0/s1. The highest BCUT2D eigenvalue weighted by Crippen LogP contribution is 2.38. The van der Waals surface area contributed by atoms with Crippen LogP contribution in [0, 0.1) is 5.92 Å². The second kappa shape index (κ2) is 1.83. The normalized spacial score (nSPS) is 43.0. The van der Waals surface area contributed by atoms with E-state index in [0.29, 0.717) is 0 Å². The zero-order valence-electron chi connectivity index (χ0n) is 3.32. The molecule has 0 aromatic carbocycles. The summed E-state index contributed by atoms with van der Waals surface area (Å²) in [5.41, 5.74) is 0. The molecule has 0 aliphatic heterocycles. The Balaban J connectivity index is 2.09. The molecule has 0 saturated heterocycles. The predicted molar refractivity (Wildman–Crippen MR) is 34.6 cm³/mol. The lowest BCUT2D eigenvalue weighted by molar-refractivity contribution is 1.02. The Morgan fingerprint density at radius 1 is 1.67 bits per heavy atom. The molecule has 1 rings (SSSR count). The van der Waals surface area contributed by atoms with E-state index in [0.717, 1.165) is 10.7 Å². The monoisotopic (exact) mass is 212 g/mol. The summed E-state index contributed by atoms with van der Waals surface area (Å²) in [6, 6.07) is 0. The molecule has 2 atom stereocenters. The van der Waals surface area contributed by atoms with Crippen LogP contribution in [0.4, 0.5) is 0 Å². The Morgan fingerprint density at radius 3 is 2.17 bits per heavy atom. The lowest BCUT2D eigenvalue weighted by Crippen LogP contribution is -1.75. The van der Waals surface area contributed by atoms with Crippen molar-refractivity contribution in [2.45, 2.75) is 11.2 Å². The Morgan fingerprint density at radius 2 is 2.17 bits per heavy atom. The van der Waals surface area contributed by atoms with E-state index in [4.69, 9.17) is 0 Å². The van der Waals surface area contributed by atoms with Crippen molar-refractivity contribution in [2.75, 3.05) is 5.33 Å². The Bertz CT molecular complexity index is 51.5. The van der Waals surface area contributed by atoms with Gasteiger partial charge in [-0.15, -0.1) is 0 Å². The summed E-state index contributed by atoms with van der Waals surface area (Å²) in [4.78, 5) is 0.830. The van der Waals surface area contributed by atoms with Crippen molar-refractivity contribution in [3.05, 3.63) is 0 Å². The van der Waals surface area contributed by atoms with Crippen LogP contribution in [0.15, 0.2) is 0 Å². The van der Waals surface area contributed by atoms with Gasteiger partial charge in [0.25, 0.3) is 0 Å². The molecule has 1 aliphatic carbocycles. The van der Waals surface area contributed by atoms with Gasteiger partial charge in [-0.25, -0.2) is 0 Å². The average Bonchev–Trinajstić information content (AvgIpc) is 2.19. The summed E-state index contributed by atoms with van der Waals surface area (Å²) in [5, 5.41) is 1.17. The van der Waals surface area contributed by atoms with Crippen LogP contribution in [0.2, 0.25) is 0 Å². The van der Waals surface area contributed by atoms with Crippen LogP contribution in [-0.2, 0) is 0 Å². The SMILES string of the molecule is BrCC1C[C@@H]1Br. The molecular formula is C4H6Br2. The van der Waals surface area contributed by atoms with Gasteiger partial charge in [0.15, 0.2) is 0 Å². The fourth-order valence-corrected chi connectivity index (χ4v) is 2.25. The van der Waals surface area contributed by atoms with E-state index in [9.17, 15) is 0 Å². The van der Waals surface area contributed by atoms with Crippen molar-refractivity contribution >= 4 is 31.9 Å². The number of hydrogen-bond acceptors (Lipinski definition) is 0. The molecule has 0 N–H and O–H groups in total. The van der Waals surface area contributed by atoms with E-state index < -0.39 is 0 Å². The third kappa shape index (κ3) is 0.969. The minimum absolute atomic E-state index is 0.830. The molecule has 0 aromatic heterocycles. The highest BCUT2D eigenvalue weighted by molar-refractivity contribution is 9.10. The third-order valence-corrected chi connectivity index (χ3v) is 2.99. The number of rotatable bonds is 1. The third-order valence-electron chi connectivity index (χ3n) is 1.03. The van der Waals surface area contributed by atoms with Gasteiger partial charge in [0.1, 0.15) is 0 Å². The minimum atomic E-state index is 0.830. The summed E-state index contributed by atoms with van der Waals surface area (Å²) in [5.74, 6) is 0.935. The Kier molecular flexibility index (Phi) is 1.55. The second-order valence-corrected chi connectivity index (χ2v) is 3.49. The molecule has 0 amide bonds. The van der Waals surface area contributed by atoms with E-state index in [1.165, 1.54) is 11.8 Å². The van der Waals surface area contributed by atoms with Crippen LogP contribution in [-0.4, -0.2) is 10.2 Å². The van der Waals surface area contributed by atoms with Gasteiger partial charge in [-0.1, -0.05) is 31.9 Å². The van der Waals surface area contributed by atoms with Gasteiger partial charge >= 0.3 is 0 Å². The summed E-state index contributed by atoms with van der Waals surface area (Å²) >= 11 is 6.87. The molecule has 0 bridgehead atoms. The van der Waals surface area contributed by atoms with Crippen molar-refractivity contribution in [1.29, 1.82) is 0 Å². The molecule has 1 saturated carbocycles. The predicted octanol–water partition coefficient (Wildman–Crippen LogP) is 2.16. The molecule has 2 heteroatoms. The molecule has 0 heterocycles. The molecule has 36 valence electrons. The lowest BCUT2D eigenvalue weighted by atomic mass is 10.5. The van der Waals surface area contributed by atoms with E-state index >= 15 is 0 Å². The van der Waals surface area contributed by atoms with Crippen LogP contribution in [0.1, 0.15) is 6.42 Å². The van der Waals surface area contributed by atoms with Crippen LogP contribution in [0.25, 0.3) is 0 Å². The lowest BCUT2D eigenvalue weighted by Gasteiger charge is -1.76. The van der Waals surface area contributed by atoms with E-state index in [1.54, 1.807) is 0 Å². The van der Waals surface area contributed by atoms with Crippen molar-refractivity contribution < 1.29 is 0 Å². The molecule has 1 unspecified atom stereocenters. The maximum absolute atomic E-state index is 3.48. The number of halogens is 2. The molecule has 0 nitrogen and oxygen atoms in total. The summed E-state index contributed by atoms with van der Waals surface area (Å²) < 4.78 is 0. The van der Waals surface area contributed by atoms with Crippen LogP contribution >= 0.6 is 31.9 Å². The van der Waals surface area contributed by atoms with Gasteiger partial charge in [-0.05, 0) is 12.3 Å². The van der Waals surface area contributed by atoms with E-state index in [-0.39, 0.29) is 0 Å². The van der Waals surface area contributed by atoms with Gasteiger partial charge in [0.05, 0.1) is 0 Å². The van der Waals surface area contributed by atoms with Crippen molar-refractivity contribution in [3.8, 4) is 0 Å². The average molecular weight is 214 g/mol. The van der Waals surface area contributed by atoms with E-state index in [2.05, 4.69) is 31.9 Å². The summed E-state index contributed by atoms with van der Waals surface area (Å²) in [7, 11) is 0. The first-order valence-electron chi connectivity index (χ1n) is 2.04. The molecule has 0 aromatic rings. The molecule has 6 heavy (non-hydrogen) atoms. The molecule has 0 spiro atoms. The summed E-state index contributed by atoms with van der Waals surface area (Å²) in [6.45, 7) is 0. The minimum Gasteiger partial charge on any atom is -0.0925 e. The Hall–Kier alpha value is 0.960. The maximum atomic E-state index is 3.48. The maximum Gasteiger partial charge on any atom is 0.0185 e. The first-order valence-corrected chi connectivity index (χ1v) is 4.08. The zero-order chi connectivity index (χ0) is 4.57. The topological polar surface area (TPSA) is 0 Å². The zero-order valence-corrected chi connectivity index (χ0v) is 6.50. The van der Waals surface area contributed by atoms with Crippen molar-refractivity contribution in [3.63, 3.8) is 0 Å². The van der Waals surface area contributed by atoms with Gasteiger partial charge in [0, 0.05) is 10.2 Å². The first kappa shape index (κ1) is 5.10. The molecule has 1 aliphatic rings. The van der Waals surface area contributed by atoms with Gasteiger partial charge < -0.3 is 0 Å². The quantitative estimate of drug-likeness (QED) is 0.586. The highest BCUT2D eigenvalue weighted by atomic mass is 79.9. The first-order chi connectivity index (χ1) is 2.84. The van der Waals surface area contributed by atoms with Crippen LogP contribution < -0.4 is 0 Å². The number of hydrogen-bond donors (Lipinski definition) is 0. The largest absolute Gasteiger partial charge is 0.0925 e. The second-order valence-electron chi connectivity index (χ2n) is 1.67. The highest BCUT2D eigenvalue weighted by Gasteiger charge is 2.32.